The van der Waals surface area contributed by atoms with E-state index in [0.29, 0.717) is 17.2 Å². The zero-order valence-electron chi connectivity index (χ0n) is 12.2. The average molecular weight is 311 g/mol. The van der Waals surface area contributed by atoms with E-state index in [1.54, 1.807) is 25.1 Å². The Bertz CT molecular complexity index is 981. The number of hydrogen-bond acceptors (Lipinski definition) is 4. The Morgan fingerprint density at radius 2 is 1.57 bits per heavy atom. The lowest BCUT2D eigenvalue weighted by atomic mass is 10.2. The van der Waals surface area contributed by atoms with Crippen molar-refractivity contribution < 1.29 is 4.74 Å². The average Bonchev–Trinajstić information content (AvgIpc) is 2.50. The second kappa shape index (κ2) is 5.80. The van der Waals surface area contributed by atoms with E-state index < -0.39 is 17.1 Å². The maximum Gasteiger partial charge on any atom is 0.338 e. The molecule has 1 heterocycles. The van der Waals surface area contributed by atoms with Gasteiger partial charge in [0, 0.05) is 0 Å². The molecule has 7 nitrogen and oxygen atoms in total. The summed E-state index contributed by atoms with van der Waals surface area (Å²) >= 11 is 0. The van der Waals surface area contributed by atoms with Crippen LogP contribution in [0.3, 0.4) is 0 Å². The van der Waals surface area contributed by atoms with Crippen LogP contribution in [0.5, 0.6) is 11.5 Å². The fraction of sp³-hybridized carbons (Fsp3) is 0.0625. The number of para-hydroxylation sites is 1. The molecule has 2 N–H and O–H groups in total. The molecule has 0 aliphatic carbocycles. The largest absolute Gasteiger partial charge is 0.457 e. The molecular formula is C16H13N3O4. The normalized spacial score (nSPS) is 10.5. The number of aromatic nitrogens is 3. The quantitative estimate of drug-likeness (QED) is 0.762. The van der Waals surface area contributed by atoms with Crippen molar-refractivity contribution in [1.82, 2.24) is 14.5 Å². The molecule has 0 saturated heterocycles. The highest BCUT2D eigenvalue weighted by Crippen LogP contribution is 2.25. The Hall–Kier alpha value is -3.35. The minimum Gasteiger partial charge on any atom is -0.457 e. The summed E-state index contributed by atoms with van der Waals surface area (Å²) in [6, 6.07) is 14.1. The molecule has 3 rings (SSSR count). The lowest BCUT2D eigenvalue weighted by Crippen LogP contribution is -2.42. The molecule has 23 heavy (non-hydrogen) atoms. The highest BCUT2D eigenvalue weighted by molar-refractivity contribution is 5.45. The van der Waals surface area contributed by atoms with Crippen LogP contribution in [0.25, 0.3) is 5.69 Å². The van der Waals surface area contributed by atoms with Gasteiger partial charge in [-0.3, -0.25) is 9.97 Å². The maximum absolute atomic E-state index is 11.8. The van der Waals surface area contributed by atoms with Gasteiger partial charge in [0.2, 0.25) is 0 Å². The fourth-order valence-corrected chi connectivity index (χ4v) is 2.17. The molecule has 116 valence electrons. The van der Waals surface area contributed by atoms with Crippen molar-refractivity contribution in [3.05, 3.63) is 85.5 Å². The van der Waals surface area contributed by atoms with Gasteiger partial charge in [0.05, 0.1) is 5.69 Å². The van der Waals surface area contributed by atoms with Crippen LogP contribution >= 0.6 is 0 Å². The molecule has 7 heteroatoms. The lowest BCUT2D eigenvalue weighted by Gasteiger charge is -2.10. The Morgan fingerprint density at radius 3 is 2.17 bits per heavy atom. The van der Waals surface area contributed by atoms with E-state index in [1.165, 1.54) is 0 Å². The number of nitrogens with one attached hydrogen (secondary N) is 2. The van der Waals surface area contributed by atoms with Crippen LogP contribution in [0.15, 0.2) is 62.9 Å². The van der Waals surface area contributed by atoms with Crippen LogP contribution in [0.1, 0.15) is 5.56 Å². The second-order valence-corrected chi connectivity index (χ2v) is 4.89. The Labute approximate surface area is 129 Å². The first kappa shape index (κ1) is 14.6. The number of H-pyrrole nitrogens is 2. The first-order valence-corrected chi connectivity index (χ1v) is 6.84. The number of nitrogens with zero attached hydrogens (tertiary/aromatic N) is 1. The van der Waals surface area contributed by atoms with Gasteiger partial charge in [-0.05, 0) is 42.8 Å². The van der Waals surface area contributed by atoms with E-state index >= 15 is 0 Å². The number of aromatic amines is 2. The molecule has 3 aromatic rings. The van der Waals surface area contributed by atoms with Gasteiger partial charge >= 0.3 is 17.1 Å². The molecule has 0 bridgehead atoms. The van der Waals surface area contributed by atoms with Crippen molar-refractivity contribution in [2.75, 3.05) is 0 Å². The monoisotopic (exact) mass is 311 g/mol. The molecule has 0 unspecified atom stereocenters. The highest BCUT2D eigenvalue weighted by atomic mass is 16.5. The first-order chi connectivity index (χ1) is 11.0. The molecule has 0 aliphatic heterocycles. The molecule has 0 amide bonds. The van der Waals surface area contributed by atoms with Gasteiger partial charge < -0.3 is 4.74 Å². The van der Waals surface area contributed by atoms with Gasteiger partial charge in [0.1, 0.15) is 11.5 Å². The van der Waals surface area contributed by atoms with Crippen molar-refractivity contribution in [2.45, 2.75) is 6.92 Å². The van der Waals surface area contributed by atoms with Gasteiger partial charge in [0.15, 0.2) is 0 Å². The molecule has 0 fully saturated rings. The van der Waals surface area contributed by atoms with Crippen molar-refractivity contribution >= 4 is 0 Å². The number of ether oxygens (including phenoxy) is 1. The molecule has 0 atom stereocenters. The van der Waals surface area contributed by atoms with Gasteiger partial charge in [0.25, 0.3) is 0 Å². The summed E-state index contributed by atoms with van der Waals surface area (Å²) in [7, 11) is 0. The van der Waals surface area contributed by atoms with E-state index in [4.69, 9.17) is 4.74 Å². The van der Waals surface area contributed by atoms with Gasteiger partial charge in [-0.1, -0.05) is 18.2 Å². The van der Waals surface area contributed by atoms with Gasteiger partial charge in [-0.25, -0.2) is 19.0 Å². The maximum atomic E-state index is 11.8. The number of hydrogen-bond donors (Lipinski definition) is 2. The summed E-state index contributed by atoms with van der Waals surface area (Å²) in [5.41, 5.74) is -1.35. The van der Waals surface area contributed by atoms with Crippen LogP contribution in [-0.2, 0) is 0 Å². The Balaban J connectivity index is 2.02. The van der Waals surface area contributed by atoms with E-state index in [0.717, 1.165) is 10.1 Å². The molecule has 0 spiro atoms. The zero-order chi connectivity index (χ0) is 16.4. The molecule has 1 aromatic heterocycles. The molecule has 0 saturated carbocycles. The number of benzene rings is 2. The van der Waals surface area contributed by atoms with Crippen molar-refractivity contribution in [3.8, 4) is 17.2 Å². The predicted molar refractivity (Wildman–Crippen MR) is 84.5 cm³/mol. The molecule has 0 radical (unpaired) electrons. The zero-order valence-corrected chi connectivity index (χ0v) is 12.2. The smallest absolute Gasteiger partial charge is 0.338 e. The topological polar surface area (TPSA) is 97.0 Å². The summed E-state index contributed by atoms with van der Waals surface area (Å²) in [5.74, 6) is 1.29. The summed E-state index contributed by atoms with van der Waals surface area (Å²) < 4.78 is 6.60. The SMILES string of the molecule is Cc1cc(-n2c(=O)[nH]c(=O)[nH]c2=O)ccc1Oc1ccccc1. The summed E-state index contributed by atoms with van der Waals surface area (Å²) in [5, 5.41) is 0. The highest BCUT2D eigenvalue weighted by Gasteiger charge is 2.09. The second-order valence-electron chi connectivity index (χ2n) is 4.89. The lowest BCUT2D eigenvalue weighted by molar-refractivity contribution is 0.478. The van der Waals surface area contributed by atoms with Crippen LogP contribution < -0.4 is 21.8 Å². The molecule has 2 aromatic carbocycles. The third-order valence-corrected chi connectivity index (χ3v) is 3.23. The standard InChI is InChI=1S/C16H13N3O4/c1-10-9-11(19-15(21)17-14(20)18-16(19)22)7-8-13(10)23-12-5-3-2-4-6-12/h2-9H,1H3,(H2,17,18,20,21,22). The van der Waals surface area contributed by atoms with Crippen LogP contribution in [0.4, 0.5) is 0 Å². The third kappa shape index (κ3) is 2.98. The number of rotatable bonds is 3. The Morgan fingerprint density at radius 1 is 0.913 bits per heavy atom. The fourth-order valence-electron chi connectivity index (χ4n) is 2.17. The van der Waals surface area contributed by atoms with E-state index in [9.17, 15) is 14.4 Å². The van der Waals surface area contributed by atoms with E-state index in [-0.39, 0.29) is 0 Å². The van der Waals surface area contributed by atoms with Gasteiger partial charge in [-0.15, -0.1) is 0 Å². The van der Waals surface area contributed by atoms with Crippen LogP contribution in [0, 0.1) is 6.92 Å². The van der Waals surface area contributed by atoms with E-state index in [1.807, 2.05) is 40.3 Å². The Kier molecular flexibility index (Phi) is 3.68. The van der Waals surface area contributed by atoms with Crippen LogP contribution in [-0.4, -0.2) is 14.5 Å². The molecular weight excluding hydrogens is 298 g/mol. The summed E-state index contributed by atoms with van der Waals surface area (Å²) in [6.45, 7) is 1.80. The number of aryl methyl sites for hydroxylation is 1. The van der Waals surface area contributed by atoms with Gasteiger partial charge in [-0.2, -0.15) is 0 Å². The van der Waals surface area contributed by atoms with Crippen molar-refractivity contribution in [1.29, 1.82) is 0 Å². The van der Waals surface area contributed by atoms with E-state index in [2.05, 4.69) is 0 Å². The predicted octanol–water partition coefficient (Wildman–Crippen LogP) is 1.31. The first-order valence-electron chi connectivity index (χ1n) is 6.84. The third-order valence-electron chi connectivity index (χ3n) is 3.23. The minimum atomic E-state index is -0.836. The molecule has 0 aliphatic rings. The summed E-state index contributed by atoms with van der Waals surface area (Å²) in [6.07, 6.45) is 0. The van der Waals surface area contributed by atoms with Crippen molar-refractivity contribution in [2.24, 2.45) is 0 Å². The van der Waals surface area contributed by atoms with Crippen molar-refractivity contribution in [3.63, 3.8) is 0 Å². The van der Waals surface area contributed by atoms with Crippen LogP contribution in [0.2, 0.25) is 0 Å². The summed E-state index contributed by atoms with van der Waals surface area (Å²) in [4.78, 5) is 38.7. The minimum absolute atomic E-state index is 0.338.